The van der Waals surface area contributed by atoms with Gasteiger partial charge in [0.05, 0.1) is 27.1 Å². The molecule has 0 atom stereocenters. The first kappa shape index (κ1) is 21.5. The summed E-state index contributed by atoms with van der Waals surface area (Å²) in [5.74, 6) is 1.71. The van der Waals surface area contributed by atoms with Gasteiger partial charge in [0.1, 0.15) is 0 Å². The van der Waals surface area contributed by atoms with Crippen LogP contribution in [-0.2, 0) is 4.79 Å². The third-order valence-corrected chi connectivity index (χ3v) is 5.21. The van der Waals surface area contributed by atoms with Crippen LogP contribution in [0.2, 0.25) is 0 Å². The normalized spacial score (nSPS) is 10.6. The molecular weight excluding hydrogens is 406 g/mol. The van der Waals surface area contributed by atoms with Crippen LogP contribution in [0.4, 0.5) is 5.69 Å². The first-order valence-electron chi connectivity index (χ1n) is 9.09. The zero-order chi connectivity index (χ0) is 21.7. The van der Waals surface area contributed by atoms with Crippen molar-refractivity contribution in [1.82, 2.24) is 10.2 Å². The highest BCUT2D eigenvalue weighted by atomic mass is 32.2. The van der Waals surface area contributed by atoms with Gasteiger partial charge in [-0.3, -0.25) is 4.79 Å². The Hall–Kier alpha value is -3.20. The molecular formula is C21H23N3O5S. The van der Waals surface area contributed by atoms with Crippen molar-refractivity contribution in [3.8, 4) is 28.7 Å². The summed E-state index contributed by atoms with van der Waals surface area (Å²) in [5, 5.41) is 11.3. The van der Waals surface area contributed by atoms with Crippen LogP contribution < -0.4 is 19.5 Å². The second kappa shape index (κ2) is 9.53. The summed E-state index contributed by atoms with van der Waals surface area (Å²) in [4.78, 5) is 12.3. The number of anilines is 1. The van der Waals surface area contributed by atoms with Crippen molar-refractivity contribution in [3.05, 3.63) is 41.5 Å². The number of hydrogen-bond donors (Lipinski definition) is 1. The number of benzene rings is 2. The number of rotatable bonds is 8. The van der Waals surface area contributed by atoms with E-state index >= 15 is 0 Å². The molecule has 1 heterocycles. The Bertz CT molecular complexity index is 1010. The molecule has 1 amide bonds. The fourth-order valence-corrected chi connectivity index (χ4v) is 3.47. The summed E-state index contributed by atoms with van der Waals surface area (Å²) in [5.41, 5.74) is 3.46. The number of amides is 1. The maximum atomic E-state index is 12.3. The highest BCUT2D eigenvalue weighted by Crippen LogP contribution is 2.41. The predicted octanol–water partition coefficient (Wildman–Crippen LogP) is 4.11. The second-order valence-corrected chi connectivity index (χ2v) is 7.32. The van der Waals surface area contributed by atoms with Crippen LogP contribution in [0.1, 0.15) is 11.1 Å². The Kier molecular flexibility index (Phi) is 6.83. The average molecular weight is 429 g/mol. The fraction of sp³-hybridized carbons (Fsp3) is 0.286. The fourth-order valence-electron chi connectivity index (χ4n) is 2.90. The van der Waals surface area contributed by atoms with E-state index in [-0.39, 0.29) is 22.8 Å². The molecule has 8 nitrogen and oxygen atoms in total. The quantitative estimate of drug-likeness (QED) is 0.535. The average Bonchev–Trinajstić information content (AvgIpc) is 3.23. The van der Waals surface area contributed by atoms with Crippen LogP contribution in [0, 0.1) is 13.8 Å². The maximum absolute atomic E-state index is 12.3. The number of para-hydroxylation sites is 1. The zero-order valence-corrected chi connectivity index (χ0v) is 18.3. The Labute approximate surface area is 178 Å². The summed E-state index contributed by atoms with van der Waals surface area (Å²) >= 11 is 1.16. The van der Waals surface area contributed by atoms with E-state index in [0.717, 1.165) is 28.6 Å². The van der Waals surface area contributed by atoms with Crippen molar-refractivity contribution in [3.63, 3.8) is 0 Å². The van der Waals surface area contributed by atoms with Gasteiger partial charge < -0.3 is 23.9 Å². The Morgan fingerprint density at radius 1 is 1.03 bits per heavy atom. The minimum Gasteiger partial charge on any atom is -0.493 e. The van der Waals surface area contributed by atoms with Gasteiger partial charge in [-0.05, 0) is 37.1 Å². The molecule has 0 aliphatic rings. The van der Waals surface area contributed by atoms with Crippen LogP contribution in [-0.4, -0.2) is 43.2 Å². The minimum atomic E-state index is -0.148. The lowest BCUT2D eigenvalue weighted by atomic mass is 10.1. The summed E-state index contributed by atoms with van der Waals surface area (Å²) < 4.78 is 21.7. The van der Waals surface area contributed by atoms with Crippen molar-refractivity contribution < 1.29 is 23.4 Å². The lowest BCUT2D eigenvalue weighted by Gasteiger charge is -2.12. The van der Waals surface area contributed by atoms with E-state index in [0.29, 0.717) is 22.8 Å². The number of carbonyl (C=O) groups excluding carboxylic acids is 1. The van der Waals surface area contributed by atoms with E-state index in [2.05, 4.69) is 15.5 Å². The number of nitrogens with one attached hydrogen (secondary N) is 1. The number of thioether (sulfide) groups is 1. The molecule has 0 fully saturated rings. The van der Waals surface area contributed by atoms with E-state index in [1.807, 2.05) is 32.0 Å². The summed E-state index contributed by atoms with van der Waals surface area (Å²) in [6.07, 6.45) is 0. The van der Waals surface area contributed by atoms with Crippen molar-refractivity contribution in [1.29, 1.82) is 0 Å². The number of nitrogens with zero attached hydrogens (tertiary/aromatic N) is 2. The van der Waals surface area contributed by atoms with Gasteiger partial charge in [0, 0.05) is 11.3 Å². The zero-order valence-electron chi connectivity index (χ0n) is 17.4. The molecule has 1 N–H and O–H groups in total. The molecule has 0 bridgehead atoms. The largest absolute Gasteiger partial charge is 0.493 e. The van der Waals surface area contributed by atoms with E-state index < -0.39 is 0 Å². The first-order valence-corrected chi connectivity index (χ1v) is 10.1. The molecule has 0 saturated heterocycles. The van der Waals surface area contributed by atoms with Gasteiger partial charge in [-0.2, -0.15) is 0 Å². The molecule has 9 heteroatoms. The number of methoxy groups -OCH3 is 3. The summed E-state index contributed by atoms with van der Waals surface area (Å²) in [7, 11) is 4.60. The van der Waals surface area contributed by atoms with Gasteiger partial charge in [0.25, 0.3) is 5.22 Å². The van der Waals surface area contributed by atoms with Crippen LogP contribution in [0.3, 0.4) is 0 Å². The van der Waals surface area contributed by atoms with Crippen molar-refractivity contribution in [2.75, 3.05) is 32.4 Å². The molecule has 0 aliphatic carbocycles. The second-order valence-electron chi connectivity index (χ2n) is 6.39. The van der Waals surface area contributed by atoms with Gasteiger partial charge in [-0.1, -0.05) is 30.0 Å². The Balaban J connectivity index is 1.70. The SMILES string of the molecule is COc1cc(-c2nnc(SCC(=O)Nc3c(C)cccc3C)o2)cc(OC)c1OC. The summed E-state index contributed by atoms with van der Waals surface area (Å²) in [6.45, 7) is 3.91. The Morgan fingerprint density at radius 3 is 2.23 bits per heavy atom. The molecule has 1 aromatic heterocycles. The van der Waals surface area contributed by atoms with Crippen molar-refractivity contribution in [2.45, 2.75) is 19.1 Å². The topological polar surface area (TPSA) is 95.7 Å². The highest BCUT2D eigenvalue weighted by molar-refractivity contribution is 7.99. The van der Waals surface area contributed by atoms with Gasteiger partial charge in [-0.15, -0.1) is 10.2 Å². The standard InChI is InChI=1S/C21H23N3O5S/c1-12-7-6-8-13(2)18(12)22-17(25)11-30-21-24-23-20(29-21)14-9-15(26-3)19(28-5)16(10-14)27-4/h6-10H,11H2,1-5H3,(H,22,25). The van der Waals surface area contributed by atoms with Crippen LogP contribution >= 0.6 is 11.8 Å². The van der Waals surface area contributed by atoms with E-state index in [1.54, 1.807) is 12.1 Å². The molecule has 2 aromatic carbocycles. The van der Waals surface area contributed by atoms with Crippen LogP contribution in [0.25, 0.3) is 11.5 Å². The van der Waals surface area contributed by atoms with Gasteiger partial charge in [0.15, 0.2) is 11.5 Å². The highest BCUT2D eigenvalue weighted by Gasteiger charge is 2.18. The number of hydrogen-bond acceptors (Lipinski definition) is 8. The van der Waals surface area contributed by atoms with Gasteiger partial charge in [-0.25, -0.2) is 0 Å². The molecule has 30 heavy (non-hydrogen) atoms. The smallest absolute Gasteiger partial charge is 0.277 e. The number of ether oxygens (including phenoxy) is 3. The lowest BCUT2D eigenvalue weighted by Crippen LogP contribution is -2.15. The Morgan fingerprint density at radius 2 is 1.67 bits per heavy atom. The third-order valence-electron chi connectivity index (χ3n) is 4.39. The van der Waals surface area contributed by atoms with Gasteiger partial charge in [0.2, 0.25) is 17.5 Å². The van der Waals surface area contributed by atoms with Gasteiger partial charge >= 0.3 is 0 Å². The molecule has 0 unspecified atom stereocenters. The summed E-state index contributed by atoms with van der Waals surface area (Å²) in [6, 6.07) is 9.31. The van der Waals surface area contributed by atoms with E-state index in [4.69, 9.17) is 18.6 Å². The van der Waals surface area contributed by atoms with Crippen LogP contribution in [0.5, 0.6) is 17.2 Å². The molecule has 3 aromatic rings. The molecule has 0 saturated carbocycles. The van der Waals surface area contributed by atoms with Crippen molar-refractivity contribution >= 4 is 23.4 Å². The number of carbonyl (C=O) groups is 1. The molecule has 3 rings (SSSR count). The number of aromatic nitrogens is 2. The van der Waals surface area contributed by atoms with Crippen LogP contribution in [0.15, 0.2) is 40.0 Å². The predicted molar refractivity (Wildman–Crippen MR) is 115 cm³/mol. The van der Waals surface area contributed by atoms with E-state index in [1.165, 1.54) is 21.3 Å². The molecule has 0 aliphatic heterocycles. The minimum absolute atomic E-state index is 0.144. The van der Waals surface area contributed by atoms with E-state index in [9.17, 15) is 4.79 Å². The molecule has 0 spiro atoms. The van der Waals surface area contributed by atoms with Crippen molar-refractivity contribution in [2.24, 2.45) is 0 Å². The first-order chi connectivity index (χ1) is 14.5. The monoisotopic (exact) mass is 429 g/mol. The lowest BCUT2D eigenvalue weighted by molar-refractivity contribution is -0.113. The molecule has 0 radical (unpaired) electrons. The maximum Gasteiger partial charge on any atom is 0.277 e. The third kappa shape index (κ3) is 4.68. The molecule has 158 valence electrons. The number of aryl methyl sites for hydroxylation is 2.